The van der Waals surface area contributed by atoms with E-state index >= 15 is 0 Å². The maximum Gasteiger partial charge on any atom is 0.243 e. The van der Waals surface area contributed by atoms with Crippen LogP contribution in [0.5, 0.6) is 0 Å². The number of aromatic nitrogens is 1. The molecule has 1 amide bonds. The van der Waals surface area contributed by atoms with Crippen LogP contribution in [0.2, 0.25) is 0 Å². The number of nitrogens with two attached hydrogens (primary N) is 1. The highest BCUT2D eigenvalue weighted by molar-refractivity contribution is 7.17. The first-order valence-electron chi connectivity index (χ1n) is 4.95. The van der Waals surface area contributed by atoms with Gasteiger partial charge in [0.1, 0.15) is 0 Å². The van der Waals surface area contributed by atoms with Crippen molar-refractivity contribution >= 4 is 40.6 Å². The first-order chi connectivity index (χ1) is 7.41. The highest BCUT2D eigenvalue weighted by Gasteiger charge is 2.18. The highest BCUT2D eigenvalue weighted by Crippen LogP contribution is 2.18. The zero-order valence-corrected chi connectivity index (χ0v) is 11.5. The van der Waals surface area contributed by atoms with Gasteiger partial charge in [-0.3, -0.25) is 9.59 Å². The normalized spacial score (nSPS) is 11.8. The third-order valence-corrected chi connectivity index (χ3v) is 3.12. The molecule has 0 fully saturated rings. The molecule has 1 rings (SSSR count). The SMILES string of the molecule is CC(=O)c1cnc(NC(=O)[C@@H](N)C(C)C)s1.Cl. The van der Waals surface area contributed by atoms with Gasteiger partial charge >= 0.3 is 0 Å². The van der Waals surface area contributed by atoms with Crippen molar-refractivity contribution in [2.75, 3.05) is 5.32 Å². The van der Waals surface area contributed by atoms with E-state index in [0.29, 0.717) is 10.0 Å². The Labute approximate surface area is 110 Å². The fourth-order valence-corrected chi connectivity index (χ4v) is 1.70. The molecule has 3 N–H and O–H groups in total. The van der Waals surface area contributed by atoms with Crippen LogP contribution in [0.25, 0.3) is 0 Å². The van der Waals surface area contributed by atoms with Crippen molar-refractivity contribution < 1.29 is 9.59 Å². The molecule has 0 aliphatic carbocycles. The first-order valence-corrected chi connectivity index (χ1v) is 5.76. The Morgan fingerprint density at radius 3 is 2.47 bits per heavy atom. The molecule has 0 saturated heterocycles. The lowest BCUT2D eigenvalue weighted by Gasteiger charge is -2.13. The molecule has 0 aliphatic rings. The van der Waals surface area contributed by atoms with Crippen LogP contribution < -0.4 is 11.1 Å². The van der Waals surface area contributed by atoms with Crippen molar-refractivity contribution in [1.29, 1.82) is 0 Å². The molecule has 1 aromatic rings. The van der Waals surface area contributed by atoms with Gasteiger partial charge in [-0.2, -0.15) is 0 Å². The second-order valence-electron chi connectivity index (χ2n) is 3.84. The van der Waals surface area contributed by atoms with E-state index in [0.717, 1.165) is 11.3 Å². The van der Waals surface area contributed by atoms with Gasteiger partial charge in [-0.1, -0.05) is 25.2 Å². The predicted octanol–water partition coefficient (Wildman–Crippen LogP) is 1.69. The van der Waals surface area contributed by atoms with Crippen molar-refractivity contribution in [3.63, 3.8) is 0 Å². The quantitative estimate of drug-likeness (QED) is 0.820. The van der Waals surface area contributed by atoms with Crippen molar-refractivity contribution in [2.45, 2.75) is 26.8 Å². The fraction of sp³-hybridized carbons (Fsp3) is 0.500. The van der Waals surface area contributed by atoms with Crippen molar-refractivity contribution in [2.24, 2.45) is 11.7 Å². The van der Waals surface area contributed by atoms with Gasteiger partial charge in [0.25, 0.3) is 0 Å². The summed E-state index contributed by atoms with van der Waals surface area (Å²) in [7, 11) is 0. The Morgan fingerprint density at radius 2 is 2.06 bits per heavy atom. The van der Waals surface area contributed by atoms with Crippen LogP contribution in [0.1, 0.15) is 30.4 Å². The number of anilines is 1. The minimum Gasteiger partial charge on any atom is -0.320 e. The molecular weight excluding hydrogens is 262 g/mol. The average molecular weight is 278 g/mol. The second-order valence-corrected chi connectivity index (χ2v) is 4.88. The minimum atomic E-state index is -0.565. The Balaban J connectivity index is 0.00000256. The summed E-state index contributed by atoms with van der Waals surface area (Å²) in [6, 6.07) is -0.565. The van der Waals surface area contributed by atoms with Gasteiger partial charge in [0, 0.05) is 6.92 Å². The lowest BCUT2D eigenvalue weighted by molar-refractivity contribution is -0.118. The van der Waals surface area contributed by atoms with Crippen molar-refractivity contribution in [3.05, 3.63) is 11.1 Å². The van der Waals surface area contributed by atoms with Crippen molar-refractivity contribution in [3.8, 4) is 0 Å². The molecule has 5 nitrogen and oxygen atoms in total. The van der Waals surface area contributed by atoms with Crippen LogP contribution in [0.3, 0.4) is 0 Å². The lowest BCUT2D eigenvalue weighted by Crippen LogP contribution is -2.39. The molecule has 0 unspecified atom stereocenters. The zero-order valence-electron chi connectivity index (χ0n) is 9.89. The van der Waals surface area contributed by atoms with E-state index in [2.05, 4.69) is 10.3 Å². The van der Waals surface area contributed by atoms with Gasteiger partial charge in [0.15, 0.2) is 10.9 Å². The number of hydrogen-bond donors (Lipinski definition) is 2. The smallest absolute Gasteiger partial charge is 0.243 e. The van der Waals surface area contributed by atoms with Crippen LogP contribution in [0.4, 0.5) is 5.13 Å². The average Bonchev–Trinajstić information content (AvgIpc) is 2.64. The number of Topliss-reactive ketones (excluding diaryl/α,β-unsaturated/α-hetero) is 1. The molecule has 96 valence electrons. The van der Waals surface area contributed by atoms with E-state index in [1.54, 1.807) is 0 Å². The monoisotopic (exact) mass is 277 g/mol. The van der Waals surface area contributed by atoms with Crippen LogP contribution in [-0.4, -0.2) is 22.7 Å². The molecule has 1 heterocycles. The predicted molar refractivity (Wildman–Crippen MR) is 70.8 cm³/mol. The molecule has 7 heteroatoms. The number of ketones is 1. The molecular formula is C10H16ClN3O2S. The highest BCUT2D eigenvalue weighted by atomic mass is 35.5. The summed E-state index contributed by atoms with van der Waals surface area (Å²) < 4.78 is 0. The first kappa shape index (κ1) is 16.0. The summed E-state index contributed by atoms with van der Waals surface area (Å²) in [5, 5.41) is 3.00. The number of amides is 1. The molecule has 1 atom stereocenters. The molecule has 0 spiro atoms. The summed E-state index contributed by atoms with van der Waals surface area (Å²) >= 11 is 1.15. The Kier molecular flexibility index (Phi) is 6.30. The van der Waals surface area contributed by atoms with Gasteiger partial charge in [-0.05, 0) is 5.92 Å². The van der Waals surface area contributed by atoms with Gasteiger partial charge in [-0.25, -0.2) is 4.98 Å². The maximum absolute atomic E-state index is 11.6. The van der Waals surface area contributed by atoms with Gasteiger partial charge in [0.05, 0.1) is 17.1 Å². The zero-order chi connectivity index (χ0) is 12.3. The summed E-state index contributed by atoms with van der Waals surface area (Å²) in [6.07, 6.45) is 1.45. The molecule has 1 aromatic heterocycles. The summed E-state index contributed by atoms with van der Waals surface area (Å²) in [5.74, 6) is -0.280. The van der Waals surface area contributed by atoms with E-state index in [9.17, 15) is 9.59 Å². The van der Waals surface area contributed by atoms with E-state index in [-0.39, 0.29) is 30.0 Å². The number of nitrogens with one attached hydrogen (secondary N) is 1. The van der Waals surface area contributed by atoms with E-state index in [4.69, 9.17) is 5.73 Å². The number of halogens is 1. The summed E-state index contributed by atoms with van der Waals surface area (Å²) in [4.78, 5) is 27.0. The topological polar surface area (TPSA) is 85.1 Å². The second kappa shape index (κ2) is 6.68. The number of rotatable bonds is 4. The third kappa shape index (κ3) is 4.41. The summed E-state index contributed by atoms with van der Waals surface area (Å²) in [6.45, 7) is 5.19. The number of carbonyl (C=O) groups excluding carboxylic acids is 2. The lowest BCUT2D eigenvalue weighted by atomic mass is 10.1. The summed E-state index contributed by atoms with van der Waals surface area (Å²) in [5.41, 5.74) is 5.67. The van der Waals surface area contributed by atoms with E-state index in [1.165, 1.54) is 13.1 Å². The van der Waals surface area contributed by atoms with Crippen LogP contribution >= 0.6 is 23.7 Å². The standard InChI is InChI=1S/C10H15N3O2S.ClH/c1-5(2)8(11)9(15)13-10-12-4-7(16-10)6(3)14;/h4-5,8H,11H2,1-3H3,(H,12,13,15);1H/t8-;/m0./s1. The number of carbonyl (C=O) groups is 2. The largest absolute Gasteiger partial charge is 0.320 e. The van der Waals surface area contributed by atoms with E-state index in [1.807, 2.05) is 13.8 Å². The number of hydrogen-bond acceptors (Lipinski definition) is 5. The number of thiazole rings is 1. The molecule has 0 radical (unpaired) electrons. The van der Waals surface area contributed by atoms with Crippen LogP contribution in [0.15, 0.2) is 6.20 Å². The Bertz CT molecular complexity index is 406. The van der Waals surface area contributed by atoms with Gasteiger partial charge in [-0.15, -0.1) is 12.4 Å². The molecule has 0 aliphatic heterocycles. The van der Waals surface area contributed by atoms with E-state index < -0.39 is 6.04 Å². The van der Waals surface area contributed by atoms with Crippen molar-refractivity contribution in [1.82, 2.24) is 4.98 Å². The Hall–Kier alpha value is -0.980. The fourth-order valence-electron chi connectivity index (χ4n) is 0.986. The van der Waals surface area contributed by atoms with Gasteiger partial charge < -0.3 is 11.1 Å². The minimum absolute atomic E-state index is 0. The number of nitrogens with zero attached hydrogens (tertiary/aromatic N) is 1. The van der Waals surface area contributed by atoms with Crippen LogP contribution in [0, 0.1) is 5.92 Å². The molecule has 17 heavy (non-hydrogen) atoms. The van der Waals surface area contributed by atoms with Gasteiger partial charge in [0.2, 0.25) is 5.91 Å². The molecule has 0 saturated carbocycles. The third-order valence-electron chi connectivity index (χ3n) is 2.10. The molecule has 0 aromatic carbocycles. The van der Waals surface area contributed by atoms with Crippen LogP contribution in [-0.2, 0) is 4.79 Å². The molecule has 0 bridgehead atoms. The Morgan fingerprint density at radius 1 is 1.47 bits per heavy atom. The maximum atomic E-state index is 11.6.